The van der Waals surface area contributed by atoms with Crippen LogP contribution in [0.5, 0.6) is 0 Å². The molecule has 0 aliphatic heterocycles. The SMILES string of the molecule is CN(C)C(=O)CN(C)c1nc(-c2cccs2)nc2ccccc12. The van der Waals surface area contributed by atoms with Gasteiger partial charge in [-0.05, 0) is 23.6 Å². The molecule has 0 saturated carbocycles. The highest BCUT2D eigenvalue weighted by molar-refractivity contribution is 7.13. The number of likely N-dealkylation sites (N-methyl/N-ethyl adjacent to an activating group) is 2. The predicted molar refractivity (Wildman–Crippen MR) is 94.8 cm³/mol. The number of anilines is 1. The van der Waals surface area contributed by atoms with Gasteiger partial charge in [-0.2, -0.15) is 0 Å². The average molecular weight is 326 g/mol. The lowest BCUT2D eigenvalue weighted by molar-refractivity contribution is -0.127. The van der Waals surface area contributed by atoms with Gasteiger partial charge in [0.1, 0.15) is 5.82 Å². The molecular formula is C17H18N4OS. The lowest BCUT2D eigenvalue weighted by Crippen LogP contribution is -2.34. The molecule has 0 saturated heterocycles. The molecule has 3 rings (SSSR count). The first kappa shape index (κ1) is 15.4. The topological polar surface area (TPSA) is 49.3 Å². The van der Waals surface area contributed by atoms with E-state index in [-0.39, 0.29) is 12.5 Å². The summed E-state index contributed by atoms with van der Waals surface area (Å²) in [7, 11) is 5.39. The zero-order chi connectivity index (χ0) is 16.4. The monoisotopic (exact) mass is 326 g/mol. The fraction of sp³-hybridized carbons (Fsp3) is 0.235. The highest BCUT2D eigenvalue weighted by Crippen LogP contribution is 2.28. The number of nitrogens with zero attached hydrogens (tertiary/aromatic N) is 4. The van der Waals surface area contributed by atoms with Crippen molar-refractivity contribution in [3.63, 3.8) is 0 Å². The molecule has 0 atom stereocenters. The van der Waals surface area contributed by atoms with Crippen LogP contribution in [0, 0.1) is 0 Å². The third kappa shape index (κ3) is 3.17. The molecule has 0 bridgehead atoms. The fourth-order valence-electron chi connectivity index (χ4n) is 2.29. The van der Waals surface area contributed by atoms with Crippen LogP contribution in [-0.2, 0) is 4.79 Å². The molecule has 0 aliphatic carbocycles. The van der Waals surface area contributed by atoms with Crippen LogP contribution in [0.15, 0.2) is 41.8 Å². The van der Waals surface area contributed by atoms with Gasteiger partial charge < -0.3 is 9.80 Å². The average Bonchev–Trinajstić information content (AvgIpc) is 3.08. The van der Waals surface area contributed by atoms with Crippen molar-refractivity contribution in [3.05, 3.63) is 41.8 Å². The molecule has 1 aromatic carbocycles. The van der Waals surface area contributed by atoms with E-state index in [1.54, 1.807) is 30.3 Å². The summed E-state index contributed by atoms with van der Waals surface area (Å²) < 4.78 is 0. The van der Waals surface area contributed by atoms with Gasteiger partial charge in [0, 0.05) is 26.5 Å². The molecular weight excluding hydrogens is 308 g/mol. The molecule has 1 amide bonds. The maximum atomic E-state index is 12.0. The number of fused-ring (bicyclic) bond motifs is 1. The standard InChI is InChI=1S/C17H18N4OS/c1-20(2)15(22)11-21(3)17-12-7-4-5-8-13(12)18-16(19-17)14-9-6-10-23-14/h4-10H,11H2,1-3H3. The van der Waals surface area contributed by atoms with Gasteiger partial charge in [0.05, 0.1) is 16.9 Å². The number of amides is 1. The summed E-state index contributed by atoms with van der Waals surface area (Å²) in [4.78, 5) is 25.9. The van der Waals surface area contributed by atoms with E-state index in [1.165, 1.54) is 0 Å². The summed E-state index contributed by atoms with van der Waals surface area (Å²) in [6.45, 7) is 0.276. The van der Waals surface area contributed by atoms with Gasteiger partial charge in [-0.15, -0.1) is 11.3 Å². The Labute approximate surface area is 139 Å². The fourth-order valence-corrected chi connectivity index (χ4v) is 2.94. The molecule has 0 N–H and O–H groups in total. The van der Waals surface area contributed by atoms with E-state index < -0.39 is 0 Å². The second-order valence-electron chi connectivity index (χ2n) is 5.51. The van der Waals surface area contributed by atoms with Gasteiger partial charge in [0.15, 0.2) is 5.82 Å². The maximum Gasteiger partial charge on any atom is 0.241 e. The molecule has 0 radical (unpaired) electrons. The number of thiophene rings is 1. The van der Waals surface area contributed by atoms with E-state index in [0.717, 1.165) is 21.6 Å². The normalized spacial score (nSPS) is 10.7. The maximum absolute atomic E-state index is 12.0. The Hall–Kier alpha value is -2.47. The number of para-hydroxylation sites is 1. The van der Waals surface area contributed by atoms with E-state index in [1.807, 2.05) is 53.7 Å². The van der Waals surface area contributed by atoms with E-state index in [9.17, 15) is 4.79 Å². The van der Waals surface area contributed by atoms with Crippen molar-refractivity contribution in [2.24, 2.45) is 0 Å². The quantitative estimate of drug-likeness (QED) is 0.740. The highest BCUT2D eigenvalue weighted by atomic mass is 32.1. The summed E-state index contributed by atoms with van der Waals surface area (Å²) in [5.74, 6) is 1.50. The molecule has 0 unspecified atom stereocenters. The summed E-state index contributed by atoms with van der Waals surface area (Å²) in [6.07, 6.45) is 0. The Morgan fingerprint density at radius 3 is 2.57 bits per heavy atom. The number of carbonyl (C=O) groups is 1. The van der Waals surface area contributed by atoms with Gasteiger partial charge in [-0.3, -0.25) is 4.79 Å². The van der Waals surface area contributed by atoms with Crippen LogP contribution < -0.4 is 4.90 Å². The predicted octanol–water partition coefficient (Wildman–Crippen LogP) is 2.88. The minimum Gasteiger partial charge on any atom is -0.350 e. The molecule has 0 aliphatic rings. The Bertz CT molecular complexity index is 830. The van der Waals surface area contributed by atoms with E-state index in [0.29, 0.717) is 5.82 Å². The lowest BCUT2D eigenvalue weighted by atomic mass is 10.2. The number of benzene rings is 1. The second-order valence-corrected chi connectivity index (χ2v) is 6.46. The Kier molecular flexibility index (Phi) is 4.25. The Morgan fingerprint density at radius 1 is 1.09 bits per heavy atom. The van der Waals surface area contributed by atoms with Crippen LogP contribution in [0.2, 0.25) is 0 Å². The minimum atomic E-state index is 0.0351. The highest BCUT2D eigenvalue weighted by Gasteiger charge is 2.16. The van der Waals surface area contributed by atoms with Gasteiger partial charge in [0.25, 0.3) is 0 Å². The molecule has 0 spiro atoms. The first-order valence-corrected chi connectivity index (χ1v) is 8.16. The number of carbonyl (C=O) groups excluding carboxylic acids is 1. The van der Waals surface area contributed by atoms with Crippen molar-refractivity contribution in [3.8, 4) is 10.7 Å². The summed E-state index contributed by atoms with van der Waals surface area (Å²) in [5.41, 5.74) is 0.880. The van der Waals surface area contributed by atoms with E-state index in [2.05, 4.69) is 4.98 Å². The summed E-state index contributed by atoms with van der Waals surface area (Å²) in [5, 5.41) is 2.95. The summed E-state index contributed by atoms with van der Waals surface area (Å²) in [6, 6.07) is 11.9. The minimum absolute atomic E-state index is 0.0351. The van der Waals surface area contributed by atoms with Crippen LogP contribution in [0.3, 0.4) is 0 Å². The van der Waals surface area contributed by atoms with Gasteiger partial charge in [-0.1, -0.05) is 18.2 Å². The first-order chi connectivity index (χ1) is 11.1. The van der Waals surface area contributed by atoms with Gasteiger partial charge in [0.2, 0.25) is 5.91 Å². The number of hydrogen-bond donors (Lipinski definition) is 0. The Balaban J connectivity index is 2.08. The Morgan fingerprint density at radius 2 is 1.87 bits per heavy atom. The van der Waals surface area contributed by atoms with E-state index >= 15 is 0 Å². The first-order valence-electron chi connectivity index (χ1n) is 7.28. The molecule has 118 valence electrons. The number of aromatic nitrogens is 2. The molecule has 5 nitrogen and oxygen atoms in total. The zero-order valence-corrected chi connectivity index (χ0v) is 14.2. The lowest BCUT2D eigenvalue weighted by Gasteiger charge is -2.21. The van der Waals surface area contributed by atoms with Crippen LogP contribution in [-0.4, -0.2) is 48.5 Å². The van der Waals surface area contributed by atoms with Crippen LogP contribution >= 0.6 is 11.3 Å². The third-order valence-electron chi connectivity index (χ3n) is 3.56. The largest absolute Gasteiger partial charge is 0.350 e. The molecule has 2 heterocycles. The van der Waals surface area contributed by atoms with Crippen LogP contribution in [0.1, 0.15) is 0 Å². The van der Waals surface area contributed by atoms with Crippen molar-refractivity contribution in [1.29, 1.82) is 0 Å². The zero-order valence-electron chi connectivity index (χ0n) is 13.4. The molecule has 0 fully saturated rings. The van der Waals surface area contributed by atoms with Crippen LogP contribution in [0.4, 0.5) is 5.82 Å². The van der Waals surface area contributed by atoms with Gasteiger partial charge in [-0.25, -0.2) is 9.97 Å². The molecule has 6 heteroatoms. The van der Waals surface area contributed by atoms with Crippen LogP contribution in [0.25, 0.3) is 21.6 Å². The number of hydrogen-bond acceptors (Lipinski definition) is 5. The van der Waals surface area contributed by atoms with E-state index in [4.69, 9.17) is 4.98 Å². The van der Waals surface area contributed by atoms with Crippen molar-refractivity contribution < 1.29 is 4.79 Å². The third-order valence-corrected chi connectivity index (χ3v) is 4.42. The van der Waals surface area contributed by atoms with Gasteiger partial charge >= 0.3 is 0 Å². The molecule has 2 aromatic heterocycles. The van der Waals surface area contributed by atoms with Crippen molar-refractivity contribution >= 4 is 34.0 Å². The van der Waals surface area contributed by atoms with Crippen molar-refractivity contribution in [2.45, 2.75) is 0 Å². The summed E-state index contributed by atoms with van der Waals surface area (Å²) >= 11 is 1.61. The number of rotatable bonds is 4. The molecule has 3 aromatic rings. The molecule has 23 heavy (non-hydrogen) atoms. The van der Waals surface area contributed by atoms with Crippen molar-refractivity contribution in [1.82, 2.24) is 14.9 Å². The second kappa shape index (κ2) is 6.34. The smallest absolute Gasteiger partial charge is 0.241 e. The van der Waals surface area contributed by atoms with Crippen molar-refractivity contribution in [2.75, 3.05) is 32.6 Å².